The van der Waals surface area contributed by atoms with Crippen LogP contribution >= 0.6 is 0 Å². The molecule has 0 spiro atoms. The van der Waals surface area contributed by atoms with Crippen LogP contribution in [0.4, 0.5) is 26.3 Å². The molecule has 0 saturated carbocycles. The maximum atomic E-state index is 14.4. The number of nitrogens with one attached hydrogen (secondary N) is 1. The Labute approximate surface area is 258 Å². The van der Waals surface area contributed by atoms with Crippen molar-refractivity contribution in [3.63, 3.8) is 0 Å². The van der Waals surface area contributed by atoms with Crippen LogP contribution in [0.3, 0.4) is 0 Å². The molecule has 3 N–H and O–H groups in total. The average Bonchev–Trinajstić information content (AvgIpc) is 2.98. The Kier molecular flexibility index (Phi) is 12.6. The number of ether oxygens (including phenoxy) is 1. The first-order valence-electron chi connectivity index (χ1n) is 14.6. The fourth-order valence-electron chi connectivity index (χ4n) is 4.91. The number of amides is 1. The number of nitrogens with two attached hydrogens (primary N) is 1. The maximum Gasteiger partial charge on any atom is 0.416 e. The van der Waals surface area contributed by atoms with E-state index in [1.54, 1.807) is 17.9 Å². The Morgan fingerprint density at radius 3 is 2.27 bits per heavy atom. The minimum absolute atomic E-state index is 0.0457. The van der Waals surface area contributed by atoms with Crippen molar-refractivity contribution in [3.8, 4) is 0 Å². The highest BCUT2D eigenvalue weighted by Gasteiger charge is 2.30. The molecular weight excluding hydrogens is 600 g/mol. The summed E-state index contributed by atoms with van der Waals surface area (Å²) in [4.78, 5) is 28.3. The molecule has 2 atom stereocenters. The predicted molar refractivity (Wildman–Crippen MR) is 158 cm³/mol. The number of esters is 1. The van der Waals surface area contributed by atoms with Gasteiger partial charge in [-0.15, -0.1) is 0 Å². The third-order valence-electron chi connectivity index (χ3n) is 7.02. The molecule has 0 heterocycles. The first-order valence-corrected chi connectivity index (χ1v) is 14.6. The van der Waals surface area contributed by atoms with Crippen molar-refractivity contribution in [2.45, 2.75) is 64.9 Å². The van der Waals surface area contributed by atoms with Gasteiger partial charge >= 0.3 is 12.1 Å². The molecule has 0 aliphatic heterocycles. The van der Waals surface area contributed by atoms with Crippen molar-refractivity contribution in [1.82, 2.24) is 10.2 Å². The van der Waals surface area contributed by atoms with Gasteiger partial charge in [-0.3, -0.25) is 4.79 Å². The Morgan fingerprint density at radius 2 is 1.62 bits per heavy atom. The Morgan fingerprint density at radius 1 is 0.956 bits per heavy atom. The molecular formula is C33H37F6N3O3. The summed E-state index contributed by atoms with van der Waals surface area (Å²) in [5, 5.41) is 2.90. The van der Waals surface area contributed by atoms with Crippen LogP contribution in [0, 0.1) is 24.4 Å². The lowest BCUT2D eigenvalue weighted by Gasteiger charge is -2.25. The van der Waals surface area contributed by atoms with E-state index in [-0.39, 0.29) is 41.3 Å². The zero-order chi connectivity index (χ0) is 33.3. The Balaban J connectivity index is 1.85. The Bertz CT molecular complexity index is 1470. The highest BCUT2D eigenvalue weighted by molar-refractivity contribution is 5.98. The quantitative estimate of drug-likeness (QED) is 0.119. The van der Waals surface area contributed by atoms with E-state index >= 15 is 0 Å². The number of benzene rings is 3. The van der Waals surface area contributed by atoms with Crippen LogP contribution in [-0.2, 0) is 23.9 Å². The number of carbonyl (C=O) groups is 2. The number of aryl methyl sites for hydroxylation is 1. The number of alkyl halides is 3. The van der Waals surface area contributed by atoms with Gasteiger partial charge in [-0.05, 0) is 73.2 Å². The lowest BCUT2D eigenvalue weighted by molar-refractivity contribution is -0.137. The molecule has 3 aromatic rings. The van der Waals surface area contributed by atoms with Gasteiger partial charge in [0.05, 0.1) is 11.1 Å². The summed E-state index contributed by atoms with van der Waals surface area (Å²) in [5.74, 6) is -4.86. The molecule has 3 aromatic carbocycles. The van der Waals surface area contributed by atoms with Crippen LogP contribution in [0.15, 0.2) is 54.6 Å². The van der Waals surface area contributed by atoms with Crippen molar-refractivity contribution >= 4 is 11.9 Å². The van der Waals surface area contributed by atoms with Crippen molar-refractivity contribution in [3.05, 3.63) is 105 Å². The molecule has 0 aromatic heterocycles. The van der Waals surface area contributed by atoms with Crippen LogP contribution in [0.1, 0.15) is 69.7 Å². The van der Waals surface area contributed by atoms with Crippen LogP contribution < -0.4 is 11.1 Å². The van der Waals surface area contributed by atoms with Gasteiger partial charge in [0.15, 0.2) is 11.6 Å². The molecule has 0 aliphatic rings. The van der Waals surface area contributed by atoms with Crippen molar-refractivity contribution in [2.24, 2.45) is 5.73 Å². The molecule has 6 nitrogen and oxygen atoms in total. The molecule has 1 amide bonds. The summed E-state index contributed by atoms with van der Waals surface area (Å²) in [5.41, 5.74) is 6.29. The van der Waals surface area contributed by atoms with Crippen LogP contribution in [0.5, 0.6) is 0 Å². The van der Waals surface area contributed by atoms with Gasteiger partial charge in [0.25, 0.3) is 5.91 Å². The summed E-state index contributed by atoms with van der Waals surface area (Å²) in [6, 6.07) is 9.17. The number of rotatable bonds is 14. The number of hydrogen-bond acceptors (Lipinski definition) is 5. The topological polar surface area (TPSA) is 84.7 Å². The fourth-order valence-corrected chi connectivity index (χ4v) is 4.91. The molecule has 12 heteroatoms. The van der Waals surface area contributed by atoms with E-state index in [1.807, 2.05) is 13.8 Å². The average molecular weight is 638 g/mol. The highest BCUT2D eigenvalue weighted by Crippen LogP contribution is 2.29. The van der Waals surface area contributed by atoms with Gasteiger partial charge in [-0.2, -0.15) is 13.2 Å². The minimum Gasteiger partial charge on any atom is -0.456 e. The predicted octanol–water partition coefficient (Wildman–Crippen LogP) is 6.58. The van der Waals surface area contributed by atoms with E-state index in [9.17, 15) is 35.9 Å². The zero-order valence-corrected chi connectivity index (χ0v) is 25.3. The summed E-state index contributed by atoms with van der Waals surface area (Å²) in [6.45, 7) is 6.41. The third-order valence-corrected chi connectivity index (χ3v) is 7.02. The number of hydrogen-bond donors (Lipinski definition) is 2. The van der Waals surface area contributed by atoms with E-state index in [2.05, 4.69) is 5.32 Å². The first-order chi connectivity index (χ1) is 21.2. The fraction of sp³-hybridized carbons (Fsp3) is 0.394. The van der Waals surface area contributed by atoms with E-state index in [0.29, 0.717) is 24.7 Å². The minimum atomic E-state index is -4.54. The zero-order valence-electron chi connectivity index (χ0n) is 25.3. The lowest BCUT2D eigenvalue weighted by Crippen LogP contribution is -2.46. The molecule has 0 aliphatic carbocycles. The van der Waals surface area contributed by atoms with Crippen LogP contribution in [-0.4, -0.2) is 48.6 Å². The van der Waals surface area contributed by atoms with Crippen molar-refractivity contribution in [1.29, 1.82) is 0 Å². The lowest BCUT2D eigenvalue weighted by atomic mass is 10.0. The largest absolute Gasteiger partial charge is 0.456 e. The second kappa shape index (κ2) is 15.9. The first kappa shape index (κ1) is 35.6. The highest BCUT2D eigenvalue weighted by atomic mass is 19.4. The van der Waals surface area contributed by atoms with E-state index in [0.717, 1.165) is 31.0 Å². The number of nitrogens with zero attached hydrogens (tertiary/aromatic N) is 1. The second-order valence-corrected chi connectivity index (χ2v) is 10.9. The Hall–Kier alpha value is -3.90. The monoisotopic (exact) mass is 637 g/mol. The third kappa shape index (κ3) is 10.1. The van der Waals surface area contributed by atoms with Gasteiger partial charge in [-0.1, -0.05) is 32.0 Å². The van der Waals surface area contributed by atoms with Gasteiger partial charge in [0.2, 0.25) is 0 Å². The number of halogens is 6. The molecule has 244 valence electrons. The van der Waals surface area contributed by atoms with E-state index in [1.165, 1.54) is 24.3 Å². The van der Waals surface area contributed by atoms with E-state index in [4.69, 9.17) is 10.5 Å². The van der Waals surface area contributed by atoms with E-state index < -0.39 is 53.7 Å². The maximum absolute atomic E-state index is 14.4. The van der Waals surface area contributed by atoms with Crippen molar-refractivity contribution in [2.75, 3.05) is 19.6 Å². The summed E-state index contributed by atoms with van der Waals surface area (Å²) in [6.07, 6.45) is -4.70. The van der Waals surface area contributed by atoms with Crippen LogP contribution in [0.2, 0.25) is 0 Å². The molecule has 0 radical (unpaired) electrons. The van der Waals surface area contributed by atoms with Crippen LogP contribution in [0.25, 0.3) is 0 Å². The smallest absolute Gasteiger partial charge is 0.416 e. The molecule has 0 unspecified atom stereocenters. The SMILES string of the molecule is CCCN(CCC)C(=O)c1cc(C)cc(C(=O)O[C@H](CNCc2cccc(C(F)(F)F)c2)[C@@H](N)Cc2cc(F)cc(F)c2F)c1. The molecule has 0 fully saturated rings. The van der Waals surface area contributed by atoms with Gasteiger partial charge in [-0.25, -0.2) is 18.0 Å². The van der Waals surface area contributed by atoms with Crippen molar-refractivity contribution < 1.29 is 40.7 Å². The summed E-state index contributed by atoms with van der Waals surface area (Å²) >= 11 is 0. The number of carbonyl (C=O) groups excluding carboxylic acids is 2. The molecule has 45 heavy (non-hydrogen) atoms. The molecule has 0 bridgehead atoms. The molecule has 0 saturated heterocycles. The summed E-state index contributed by atoms with van der Waals surface area (Å²) in [7, 11) is 0. The summed E-state index contributed by atoms with van der Waals surface area (Å²) < 4.78 is 87.3. The normalized spacial score (nSPS) is 12.9. The van der Waals surface area contributed by atoms with Gasteiger partial charge in [0, 0.05) is 43.9 Å². The standard InChI is InChI=1S/C33H37F6N3O3/c1-4-9-42(10-5-2)31(43)23-11-20(3)12-24(14-23)32(44)45-29(28(40)16-22-15-26(34)17-27(35)30(22)36)19-41-18-21-7-6-8-25(13-21)33(37,38)39/h6-8,11-15,17,28-29,41H,4-5,9-10,16,18-19,40H2,1-3H3/t28-,29+/m0/s1. The van der Waals surface area contributed by atoms with Gasteiger partial charge in [0.1, 0.15) is 11.9 Å². The second-order valence-electron chi connectivity index (χ2n) is 10.9. The molecule has 3 rings (SSSR count). The van der Waals surface area contributed by atoms with Gasteiger partial charge < -0.3 is 20.7 Å².